The summed E-state index contributed by atoms with van der Waals surface area (Å²) in [5.74, 6) is 0.896. The van der Waals surface area contributed by atoms with Crippen molar-refractivity contribution in [2.24, 2.45) is 5.92 Å². The highest BCUT2D eigenvalue weighted by atomic mass is 15.2. The second-order valence-corrected chi connectivity index (χ2v) is 4.68. The lowest BCUT2D eigenvalue weighted by Crippen LogP contribution is -2.40. The fourth-order valence-corrected chi connectivity index (χ4v) is 3.15. The molecule has 0 radical (unpaired) electrons. The van der Waals surface area contributed by atoms with Crippen molar-refractivity contribution >= 4 is 0 Å². The van der Waals surface area contributed by atoms with Gasteiger partial charge in [-0.2, -0.15) is 0 Å². The van der Waals surface area contributed by atoms with Crippen molar-refractivity contribution < 1.29 is 0 Å². The van der Waals surface area contributed by atoms with Crippen molar-refractivity contribution in [3.05, 3.63) is 0 Å². The molecule has 13 heavy (non-hydrogen) atoms. The Morgan fingerprint density at radius 2 is 2.23 bits per heavy atom. The molecule has 0 aromatic heterocycles. The van der Waals surface area contributed by atoms with Crippen LogP contribution in [0.4, 0.5) is 0 Å². The van der Waals surface area contributed by atoms with E-state index in [1.807, 2.05) is 0 Å². The maximum Gasteiger partial charge on any atom is 0.0111 e. The zero-order chi connectivity index (χ0) is 9.26. The Labute approximate surface area is 81.7 Å². The van der Waals surface area contributed by atoms with Gasteiger partial charge in [-0.3, -0.25) is 4.90 Å². The Kier molecular flexibility index (Phi) is 2.89. The number of piperidine rings is 1. The lowest BCUT2D eigenvalue weighted by Gasteiger charge is -2.32. The fraction of sp³-hybridized carbons (Fsp3) is 1.00. The number of hydrogen-bond donors (Lipinski definition) is 1. The van der Waals surface area contributed by atoms with Gasteiger partial charge in [-0.25, -0.2) is 0 Å². The van der Waals surface area contributed by atoms with Crippen LogP contribution in [0.3, 0.4) is 0 Å². The van der Waals surface area contributed by atoms with Gasteiger partial charge in [-0.15, -0.1) is 0 Å². The smallest absolute Gasteiger partial charge is 0.0111 e. The molecule has 2 heteroatoms. The topological polar surface area (TPSA) is 15.3 Å². The average Bonchev–Trinajstić information content (AvgIpc) is 2.46. The van der Waals surface area contributed by atoms with E-state index in [-0.39, 0.29) is 0 Å². The molecule has 3 unspecified atom stereocenters. The first-order chi connectivity index (χ1) is 6.33. The van der Waals surface area contributed by atoms with Crippen LogP contribution in [-0.2, 0) is 0 Å². The SMILES string of the molecule is CNCC1CC2CCCCN2C1C. The van der Waals surface area contributed by atoms with E-state index in [2.05, 4.69) is 24.2 Å². The lowest BCUT2D eigenvalue weighted by molar-refractivity contribution is 0.150. The van der Waals surface area contributed by atoms with Crippen LogP contribution in [0.5, 0.6) is 0 Å². The van der Waals surface area contributed by atoms with E-state index in [0.29, 0.717) is 0 Å². The standard InChI is InChI=1S/C11H22N2/c1-9-10(8-12-2)7-11-5-3-4-6-13(9)11/h9-12H,3-8H2,1-2H3. The molecule has 2 aliphatic heterocycles. The van der Waals surface area contributed by atoms with Gasteiger partial charge < -0.3 is 5.32 Å². The summed E-state index contributed by atoms with van der Waals surface area (Å²) in [7, 11) is 2.07. The summed E-state index contributed by atoms with van der Waals surface area (Å²) in [6.45, 7) is 4.97. The van der Waals surface area contributed by atoms with Gasteiger partial charge in [-0.05, 0) is 52.2 Å². The fourth-order valence-electron chi connectivity index (χ4n) is 3.15. The molecule has 2 fully saturated rings. The maximum atomic E-state index is 3.32. The van der Waals surface area contributed by atoms with Gasteiger partial charge in [0.15, 0.2) is 0 Å². The minimum absolute atomic E-state index is 0.817. The summed E-state index contributed by atoms with van der Waals surface area (Å²) < 4.78 is 0. The summed E-state index contributed by atoms with van der Waals surface area (Å²) in [6, 6.07) is 1.74. The molecule has 2 rings (SSSR count). The van der Waals surface area contributed by atoms with Gasteiger partial charge in [-0.1, -0.05) is 6.42 Å². The number of fused-ring (bicyclic) bond motifs is 1. The molecule has 2 heterocycles. The van der Waals surface area contributed by atoms with Crippen LogP contribution in [0, 0.1) is 5.92 Å². The van der Waals surface area contributed by atoms with Crippen molar-refractivity contribution in [1.29, 1.82) is 0 Å². The van der Waals surface area contributed by atoms with Crippen molar-refractivity contribution in [2.45, 2.75) is 44.7 Å². The molecule has 0 amide bonds. The van der Waals surface area contributed by atoms with E-state index in [9.17, 15) is 0 Å². The van der Waals surface area contributed by atoms with Gasteiger partial charge >= 0.3 is 0 Å². The molecule has 0 aromatic carbocycles. The van der Waals surface area contributed by atoms with Crippen LogP contribution in [0.2, 0.25) is 0 Å². The second-order valence-electron chi connectivity index (χ2n) is 4.68. The Bertz CT molecular complexity index is 169. The lowest BCUT2D eigenvalue weighted by atomic mass is 9.98. The molecule has 76 valence electrons. The largest absolute Gasteiger partial charge is 0.319 e. The quantitative estimate of drug-likeness (QED) is 0.695. The van der Waals surface area contributed by atoms with E-state index in [1.165, 1.54) is 38.8 Å². The minimum Gasteiger partial charge on any atom is -0.319 e. The van der Waals surface area contributed by atoms with Crippen molar-refractivity contribution in [2.75, 3.05) is 20.1 Å². The Morgan fingerprint density at radius 1 is 1.38 bits per heavy atom. The monoisotopic (exact) mass is 182 g/mol. The van der Waals surface area contributed by atoms with Crippen LogP contribution in [0.15, 0.2) is 0 Å². The van der Waals surface area contributed by atoms with Crippen LogP contribution < -0.4 is 5.32 Å². The highest BCUT2D eigenvalue weighted by Crippen LogP contribution is 2.34. The Morgan fingerprint density at radius 3 is 2.92 bits per heavy atom. The van der Waals surface area contributed by atoms with Gasteiger partial charge in [0.05, 0.1) is 0 Å². The summed E-state index contributed by atoms with van der Waals surface area (Å²) in [6.07, 6.45) is 5.76. The van der Waals surface area contributed by atoms with E-state index in [0.717, 1.165) is 18.0 Å². The highest BCUT2D eigenvalue weighted by molar-refractivity contribution is 4.93. The molecular formula is C11H22N2. The Hall–Kier alpha value is -0.0800. The molecular weight excluding hydrogens is 160 g/mol. The Balaban J connectivity index is 1.96. The zero-order valence-electron chi connectivity index (χ0n) is 8.92. The predicted molar refractivity (Wildman–Crippen MR) is 55.8 cm³/mol. The third-order valence-electron chi connectivity index (χ3n) is 3.92. The molecule has 3 atom stereocenters. The van der Waals surface area contributed by atoms with Crippen LogP contribution >= 0.6 is 0 Å². The molecule has 0 saturated carbocycles. The van der Waals surface area contributed by atoms with Crippen LogP contribution in [-0.4, -0.2) is 37.1 Å². The second kappa shape index (κ2) is 3.97. The van der Waals surface area contributed by atoms with Gasteiger partial charge in [0.25, 0.3) is 0 Å². The number of nitrogens with one attached hydrogen (secondary N) is 1. The van der Waals surface area contributed by atoms with E-state index < -0.39 is 0 Å². The van der Waals surface area contributed by atoms with Crippen molar-refractivity contribution in [3.8, 4) is 0 Å². The molecule has 0 bridgehead atoms. The molecule has 2 nitrogen and oxygen atoms in total. The number of hydrogen-bond acceptors (Lipinski definition) is 2. The van der Waals surface area contributed by atoms with Gasteiger partial charge in [0.2, 0.25) is 0 Å². The molecule has 0 aliphatic carbocycles. The average molecular weight is 182 g/mol. The third kappa shape index (κ3) is 1.75. The van der Waals surface area contributed by atoms with Crippen molar-refractivity contribution in [1.82, 2.24) is 10.2 Å². The molecule has 2 saturated heterocycles. The van der Waals surface area contributed by atoms with E-state index in [4.69, 9.17) is 0 Å². The van der Waals surface area contributed by atoms with E-state index in [1.54, 1.807) is 0 Å². The van der Waals surface area contributed by atoms with Crippen molar-refractivity contribution in [3.63, 3.8) is 0 Å². The molecule has 2 aliphatic rings. The molecule has 0 spiro atoms. The molecule has 1 N–H and O–H groups in total. The first kappa shape index (κ1) is 9.47. The zero-order valence-corrected chi connectivity index (χ0v) is 8.92. The summed E-state index contributed by atoms with van der Waals surface area (Å²) in [5.41, 5.74) is 0. The predicted octanol–water partition coefficient (Wildman–Crippen LogP) is 1.47. The molecule has 0 aromatic rings. The third-order valence-corrected chi connectivity index (χ3v) is 3.92. The normalized spacial score (nSPS) is 40.6. The summed E-state index contributed by atoms with van der Waals surface area (Å²) in [5, 5.41) is 3.32. The van der Waals surface area contributed by atoms with E-state index >= 15 is 0 Å². The number of nitrogens with zero attached hydrogens (tertiary/aromatic N) is 1. The highest BCUT2D eigenvalue weighted by Gasteiger charge is 2.38. The minimum atomic E-state index is 0.817. The first-order valence-corrected chi connectivity index (χ1v) is 5.73. The van der Waals surface area contributed by atoms with Crippen LogP contribution in [0.1, 0.15) is 32.6 Å². The number of rotatable bonds is 2. The van der Waals surface area contributed by atoms with Gasteiger partial charge in [0.1, 0.15) is 0 Å². The maximum absolute atomic E-state index is 3.32. The summed E-state index contributed by atoms with van der Waals surface area (Å²) in [4.78, 5) is 2.74. The summed E-state index contributed by atoms with van der Waals surface area (Å²) >= 11 is 0. The van der Waals surface area contributed by atoms with Crippen LogP contribution in [0.25, 0.3) is 0 Å². The van der Waals surface area contributed by atoms with Gasteiger partial charge in [0, 0.05) is 12.1 Å². The first-order valence-electron chi connectivity index (χ1n) is 5.73.